The van der Waals surface area contributed by atoms with Crippen molar-refractivity contribution in [3.8, 4) is 11.5 Å². The number of aryl methyl sites for hydroxylation is 1. The molecule has 1 heterocycles. The predicted octanol–water partition coefficient (Wildman–Crippen LogP) is 4.45. The van der Waals surface area contributed by atoms with Crippen molar-refractivity contribution in [2.45, 2.75) is 6.92 Å². The molecule has 0 aliphatic heterocycles. The zero-order valence-corrected chi connectivity index (χ0v) is 16.4. The summed E-state index contributed by atoms with van der Waals surface area (Å²) in [5.41, 5.74) is 2.50. The van der Waals surface area contributed by atoms with E-state index in [9.17, 15) is 4.79 Å². The van der Waals surface area contributed by atoms with Gasteiger partial charge in [0.15, 0.2) is 0 Å². The van der Waals surface area contributed by atoms with Crippen molar-refractivity contribution in [1.82, 2.24) is 9.97 Å². The highest BCUT2D eigenvalue weighted by atomic mass is 35.5. The second-order valence-electron chi connectivity index (χ2n) is 5.90. The van der Waals surface area contributed by atoms with E-state index in [1.807, 2.05) is 25.1 Å². The lowest BCUT2D eigenvalue weighted by atomic mass is 10.2. The smallest absolute Gasteiger partial charge is 0.274 e. The Morgan fingerprint density at radius 3 is 2.50 bits per heavy atom. The fraction of sp³-hybridized carbons (Fsp3) is 0.150. The summed E-state index contributed by atoms with van der Waals surface area (Å²) in [6.07, 6.45) is 1.51. The molecule has 8 heteroatoms. The molecule has 0 aliphatic carbocycles. The number of amides is 1. The van der Waals surface area contributed by atoms with Gasteiger partial charge < -0.3 is 20.1 Å². The standard InChI is InChI=1S/C20H19ClN4O3/c1-12-4-6-18(28-3)16(10-12)25-20-22-9-8-15(24-20)19(26)23-13-5-7-17(27-2)14(21)11-13/h4-11H,1-3H3,(H,23,26)(H,22,24,25). The first-order chi connectivity index (χ1) is 13.5. The number of methoxy groups -OCH3 is 2. The van der Waals surface area contributed by atoms with Gasteiger partial charge in [0.1, 0.15) is 17.2 Å². The third-order valence-electron chi connectivity index (χ3n) is 3.90. The fourth-order valence-electron chi connectivity index (χ4n) is 2.52. The molecule has 0 spiro atoms. The van der Waals surface area contributed by atoms with Gasteiger partial charge in [-0.1, -0.05) is 17.7 Å². The average Bonchev–Trinajstić information content (AvgIpc) is 2.68. The fourth-order valence-corrected chi connectivity index (χ4v) is 2.78. The van der Waals surface area contributed by atoms with E-state index in [1.165, 1.54) is 19.4 Å². The van der Waals surface area contributed by atoms with Crippen LogP contribution in [0, 0.1) is 6.92 Å². The number of nitrogens with one attached hydrogen (secondary N) is 2. The van der Waals surface area contributed by atoms with Crippen LogP contribution in [-0.2, 0) is 0 Å². The first kappa shape index (κ1) is 19.4. The van der Waals surface area contributed by atoms with Crippen LogP contribution in [0.1, 0.15) is 16.1 Å². The summed E-state index contributed by atoms with van der Waals surface area (Å²) in [6.45, 7) is 1.97. The van der Waals surface area contributed by atoms with Crippen LogP contribution in [0.2, 0.25) is 5.02 Å². The first-order valence-corrected chi connectivity index (χ1v) is 8.77. The quantitative estimate of drug-likeness (QED) is 0.638. The van der Waals surface area contributed by atoms with Gasteiger partial charge in [-0.2, -0.15) is 0 Å². The second kappa shape index (κ2) is 8.58. The van der Waals surface area contributed by atoms with Crippen molar-refractivity contribution < 1.29 is 14.3 Å². The molecule has 0 bridgehead atoms. The van der Waals surface area contributed by atoms with Crippen LogP contribution >= 0.6 is 11.6 Å². The molecule has 144 valence electrons. The Labute approximate surface area is 167 Å². The van der Waals surface area contributed by atoms with E-state index in [2.05, 4.69) is 20.6 Å². The topological polar surface area (TPSA) is 85.4 Å². The van der Waals surface area contributed by atoms with Gasteiger partial charge >= 0.3 is 0 Å². The number of carbonyl (C=O) groups excluding carboxylic acids is 1. The number of hydrogen-bond acceptors (Lipinski definition) is 6. The molecule has 1 aromatic heterocycles. The molecule has 3 rings (SSSR count). The molecule has 2 aromatic carbocycles. The van der Waals surface area contributed by atoms with E-state index in [0.717, 1.165) is 5.56 Å². The van der Waals surface area contributed by atoms with Gasteiger partial charge in [0.05, 0.1) is 24.9 Å². The SMILES string of the molecule is COc1ccc(NC(=O)c2ccnc(Nc3cc(C)ccc3OC)n2)cc1Cl. The third-order valence-corrected chi connectivity index (χ3v) is 4.19. The molecule has 2 N–H and O–H groups in total. The molecule has 0 saturated heterocycles. The Morgan fingerprint density at radius 1 is 1.04 bits per heavy atom. The molecule has 0 atom stereocenters. The van der Waals surface area contributed by atoms with Crippen molar-refractivity contribution in [2.75, 3.05) is 24.9 Å². The third kappa shape index (κ3) is 4.50. The molecule has 0 unspecified atom stereocenters. The van der Waals surface area contributed by atoms with Gasteiger partial charge in [-0.05, 0) is 48.9 Å². The minimum absolute atomic E-state index is 0.205. The van der Waals surface area contributed by atoms with Gasteiger partial charge in [0.25, 0.3) is 5.91 Å². The van der Waals surface area contributed by atoms with E-state index in [-0.39, 0.29) is 17.5 Å². The number of aromatic nitrogens is 2. The maximum absolute atomic E-state index is 12.5. The van der Waals surface area contributed by atoms with Gasteiger partial charge in [-0.15, -0.1) is 0 Å². The number of rotatable bonds is 6. The van der Waals surface area contributed by atoms with Gasteiger partial charge in [-0.25, -0.2) is 9.97 Å². The summed E-state index contributed by atoms with van der Waals surface area (Å²) in [5.74, 6) is 1.07. The van der Waals surface area contributed by atoms with Crippen LogP contribution in [0.25, 0.3) is 0 Å². The van der Waals surface area contributed by atoms with Crippen molar-refractivity contribution in [2.24, 2.45) is 0 Å². The zero-order valence-electron chi connectivity index (χ0n) is 15.6. The number of anilines is 3. The minimum atomic E-state index is -0.386. The number of halogens is 1. The number of benzene rings is 2. The van der Waals surface area contributed by atoms with Crippen molar-refractivity contribution in [3.63, 3.8) is 0 Å². The lowest BCUT2D eigenvalue weighted by Gasteiger charge is -2.11. The van der Waals surface area contributed by atoms with Crippen molar-refractivity contribution >= 4 is 34.8 Å². The highest BCUT2D eigenvalue weighted by molar-refractivity contribution is 6.32. The Balaban J connectivity index is 1.78. The molecule has 0 fully saturated rings. The number of nitrogens with zero attached hydrogens (tertiary/aromatic N) is 2. The highest BCUT2D eigenvalue weighted by Crippen LogP contribution is 2.28. The summed E-state index contributed by atoms with van der Waals surface area (Å²) in [7, 11) is 3.11. The number of carbonyl (C=O) groups is 1. The monoisotopic (exact) mass is 398 g/mol. The maximum atomic E-state index is 12.5. The minimum Gasteiger partial charge on any atom is -0.495 e. The van der Waals surface area contributed by atoms with Gasteiger partial charge in [-0.3, -0.25) is 4.79 Å². The van der Waals surface area contributed by atoms with Crippen LogP contribution in [0.3, 0.4) is 0 Å². The summed E-state index contributed by atoms with van der Waals surface area (Å²) >= 11 is 6.09. The Bertz CT molecular complexity index is 1010. The van der Waals surface area contributed by atoms with Crippen LogP contribution in [0.15, 0.2) is 48.7 Å². The lowest BCUT2D eigenvalue weighted by Crippen LogP contribution is -2.15. The van der Waals surface area contributed by atoms with Gasteiger partial charge in [0.2, 0.25) is 5.95 Å². The molecule has 1 amide bonds. The van der Waals surface area contributed by atoms with E-state index < -0.39 is 0 Å². The van der Waals surface area contributed by atoms with E-state index in [0.29, 0.717) is 27.9 Å². The number of ether oxygens (including phenoxy) is 2. The highest BCUT2D eigenvalue weighted by Gasteiger charge is 2.12. The van der Waals surface area contributed by atoms with Crippen LogP contribution in [-0.4, -0.2) is 30.1 Å². The molecule has 28 heavy (non-hydrogen) atoms. The Morgan fingerprint density at radius 2 is 1.79 bits per heavy atom. The Kier molecular flexibility index (Phi) is 5.96. The largest absolute Gasteiger partial charge is 0.495 e. The first-order valence-electron chi connectivity index (χ1n) is 8.39. The number of hydrogen-bond donors (Lipinski definition) is 2. The maximum Gasteiger partial charge on any atom is 0.274 e. The summed E-state index contributed by atoms with van der Waals surface area (Å²) in [6, 6.07) is 12.2. The van der Waals surface area contributed by atoms with Crippen LogP contribution < -0.4 is 20.1 Å². The van der Waals surface area contributed by atoms with E-state index in [4.69, 9.17) is 21.1 Å². The van der Waals surface area contributed by atoms with Crippen molar-refractivity contribution in [3.05, 3.63) is 64.9 Å². The molecule has 7 nitrogen and oxygen atoms in total. The van der Waals surface area contributed by atoms with E-state index >= 15 is 0 Å². The molecular formula is C20H19ClN4O3. The lowest BCUT2D eigenvalue weighted by molar-refractivity contribution is 0.102. The molecule has 0 radical (unpaired) electrons. The normalized spacial score (nSPS) is 10.3. The summed E-state index contributed by atoms with van der Waals surface area (Å²) in [5, 5.41) is 6.23. The molecule has 0 saturated carbocycles. The van der Waals surface area contributed by atoms with Crippen molar-refractivity contribution in [1.29, 1.82) is 0 Å². The van der Waals surface area contributed by atoms with Crippen LogP contribution in [0.5, 0.6) is 11.5 Å². The summed E-state index contributed by atoms with van der Waals surface area (Å²) < 4.78 is 10.4. The van der Waals surface area contributed by atoms with Crippen LogP contribution in [0.4, 0.5) is 17.3 Å². The Hall–Kier alpha value is -3.32. The average molecular weight is 399 g/mol. The molecule has 3 aromatic rings. The van der Waals surface area contributed by atoms with Gasteiger partial charge in [0, 0.05) is 11.9 Å². The second-order valence-corrected chi connectivity index (χ2v) is 6.30. The molecule has 0 aliphatic rings. The summed E-state index contributed by atoms with van der Waals surface area (Å²) in [4.78, 5) is 21.0. The van der Waals surface area contributed by atoms with E-state index in [1.54, 1.807) is 25.3 Å². The molecular weight excluding hydrogens is 380 g/mol. The zero-order chi connectivity index (χ0) is 20.1. The predicted molar refractivity (Wildman–Crippen MR) is 109 cm³/mol.